The van der Waals surface area contributed by atoms with Crippen LogP contribution in [0.5, 0.6) is 0 Å². The molecule has 1 aliphatic rings. The fourth-order valence-electron chi connectivity index (χ4n) is 3.64. The van der Waals surface area contributed by atoms with Crippen LogP contribution in [0.2, 0.25) is 0 Å². The van der Waals surface area contributed by atoms with Crippen LogP contribution < -0.4 is 11.2 Å². The Bertz CT molecular complexity index is 1360. The highest BCUT2D eigenvalue weighted by Gasteiger charge is 2.34. The van der Waals surface area contributed by atoms with Crippen molar-refractivity contribution in [3.8, 4) is 6.07 Å². The molecule has 4 rings (SSSR count). The van der Waals surface area contributed by atoms with Crippen LogP contribution in [0, 0.1) is 30.2 Å². The highest BCUT2D eigenvalue weighted by atomic mass is 19.1. The summed E-state index contributed by atoms with van der Waals surface area (Å²) in [5, 5.41) is 9.23. The molecule has 156 valence electrons. The molecule has 0 spiro atoms. The van der Waals surface area contributed by atoms with Crippen LogP contribution in [0.4, 0.5) is 8.78 Å². The molecule has 3 aromatic rings. The van der Waals surface area contributed by atoms with Gasteiger partial charge in [0.25, 0.3) is 5.56 Å². The SMILES string of the molecule is Cc1cc(C#N)cc(C(=O)c2c(C3CC3)c(=O)[nH]c(=O)n2Cc2cc(F)nc(F)c2)c1. The van der Waals surface area contributed by atoms with Crippen LogP contribution in [0.3, 0.4) is 0 Å². The molecule has 0 unspecified atom stereocenters. The third-order valence-corrected chi connectivity index (χ3v) is 5.07. The van der Waals surface area contributed by atoms with Gasteiger partial charge in [0.05, 0.1) is 18.2 Å². The number of aromatic amines is 1. The number of nitriles is 1. The van der Waals surface area contributed by atoms with Crippen LogP contribution >= 0.6 is 0 Å². The van der Waals surface area contributed by atoms with E-state index < -0.39 is 28.9 Å². The van der Waals surface area contributed by atoms with Gasteiger partial charge in [-0.25, -0.2) is 4.79 Å². The molecule has 2 aromatic heterocycles. The topological polar surface area (TPSA) is 109 Å². The molecule has 0 amide bonds. The van der Waals surface area contributed by atoms with E-state index >= 15 is 0 Å². The maximum Gasteiger partial charge on any atom is 0.329 e. The zero-order chi connectivity index (χ0) is 22.3. The van der Waals surface area contributed by atoms with Gasteiger partial charge < -0.3 is 0 Å². The molecule has 1 aliphatic carbocycles. The van der Waals surface area contributed by atoms with Gasteiger partial charge >= 0.3 is 5.69 Å². The van der Waals surface area contributed by atoms with Crippen molar-refractivity contribution in [2.45, 2.75) is 32.2 Å². The molecule has 9 heteroatoms. The molecule has 2 heterocycles. The predicted molar refractivity (Wildman–Crippen MR) is 106 cm³/mol. The molecule has 1 aromatic carbocycles. The quantitative estimate of drug-likeness (QED) is 0.502. The summed E-state index contributed by atoms with van der Waals surface area (Å²) in [6.45, 7) is 1.37. The maximum absolute atomic E-state index is 13.6. The number of hydrogen-bond donors (Lipinski definition) is 1. The van der Waals surface area contributed by atoms with Gasteiger partial charge in [0.1, 0.15) is 5.69 Å². The third-order valence-electron chi connectivity index (χ3n) is 5.07. The second-order valence-electron chi connectivity index (χ2n) is 7.53. The minimum atomic E-state index is -1.07. The van der Waals surface area contributed by atoms with E-state index in [1.165, 1.54) is 6.07 Å². The molecule has 0 saturated heterocycles. The zero-order valence-electron chi connectivity index (χ0n) is 16.4. The molecular formula is C22H16F2N4O3. The van der Waals surface area contributed by atoms with Gasteiger partial charge in [0.15, 0.2) is 0 Å². The van der Waals surface area contributed by atoms with E-state index in [1.54, 1.807) is 19.1 Å². The van der Waals surface area contributed by atoms with E-state index in [4.69, 9.17) is 0 Å². The second-order valence-corrected chi connectivity index (χ2v) is 7.53. The van der Waals surface area contributed by atoms with Crippen molar-refractivity contribution in [2.75, 3.05) is 0 Å². The van der Waals surface area contributed by atoms with Gasteiger partial charge in [-0.3, -0.25) is 19.1 Å². The second kappa shape index (κ2) is 7.72. The fourth-order valence-corrected chi connectivity index (χ4v) is 3.64. The highest BCUT2D eigenvalue weighted by molar-refractivity contribution is 6.09. The fraction of sp³-hybridized carbons (Fsp3) is 0.227. The molecule has 0 atom stereocenters. The largest absolute Gasteiger partial charge is 0.329 e. The molecule has 1 N–H and O–H groups in total. The first-order chi connectivity index (χ1) is 14.8. The lowest BCUT2D eigenvalue weighted by Gasteiger charge is -2.16. The summed E-state index contributed by atoms with van der Waals surface area (Å²) in [4.78, 5) is 43.9. The van der Waals surface area contributed by atoms with Crippen LogP contribution in [0.25, 0.3) is 0 Å². The summed E-state index contributed by atoms with van der Waals surface area (Å²) in [6.07, 6.45) is 1.36. The lowest BCUT2D eigenvalue weighted by atomic mass is 9.98. The summed E-state index contributed by atoms with van der Waals surface area (Å²) in [5.74, 6) is -2.94. The Balaban J connectivity index is 1.94. The normalized spacial score (nSPS) is 13.1. The van der Waals surface area contributed by atoms with Crippen LogP contribution in [0.1, 0.15) is 57.1 Å². The minimum Gasteiger partial charge on any atom is -0.287 e. The van der Waals surface area contributed by atoms with Crippen molar-refractivity contribution >= 4 is 5.78 Å². The maximum atomic E-state index is 13.6. The summed E-state index contributed by atoms with van der Waals surface area (Å²) in [7, 11) is 0. The molecule has 1 saturated carbocycles. The first-order valence-corrected chi connectivity index (χ1v) is 9.52. The molecular weight excluding hydrogens is 406 g/mol. The lowest BCUT2D eigenvalue weighted by Crippen LogP contribution is -2.37. The molecule has 31 heavy (non-hydrogen) atoms. The number of H-pyrrole nitrogens is 1. The number of aromatic nitrogens is 3. The average molecular weight is 422 g/mol. The van der Waals surface area contributed by atoms with E-state index in [0.717, 1.165) is 16.7 Å². The van der Waals surface area contributed by atoms with Gasteiger partial charge in [-0.15, -0.1) is 0 Å². The molecule has 0 bridgehead atoms. The van der Waals surface area contributed by atoms with Crippen molar-refractivity contribution in [2.24, 2.45) is 0 Å². The van der Waals surface area contributed by atoms with Crippen molar-refractivity contribution in [1.29, 1.82) is 5.26 Å². The standard InChI is InChI=1S/C22H16F2N4O3/c1-11-4-12(9-25)6-15(5-11)20(29)19-18(14-2-3-14)21(30)27-22(31)28(19)10-13-7-16(23)26-17(24)8-13/h4-8,14H,2-3,10H2,1H3,(H,27,30,31). The number of ketones is 1. The minimum absolute atomic E-state index is 0.0666. The summed E-state index contributed by atoms with van der Waals surface area (Å²) < 4.78 is 28.2. The number of hydrogen-bond acceptors (Lipinski definition) is 5. The van der Waals surface area contributed by atoms with Gasteiger partial charge in [0, 0.05) is 11.1 Å². The highest BCUT2D eigenvalue weighted by Crippen LogP contribution is 2.40. The Morgan fingerprint density at radius 1 is 1.19 bits per heavy atom. The van der Waals surface area contributed by atoms with E-state index in [-0.39, 0.29) is 40.4 Å². The number of halogens is 2. The lowest BCUT2D eigenvalue weighted by molar-refractivity contribution is 0.102. The van der Waals surface area contributed by atoms with E-state index in [9.17, 15) is 28.4 Å². The van der Waals surface area contributed by atoms with Gasteiger partial charge in [0.2, 0.25) is 17.7 Å². The monoisotopic (exact) mass is 422 g/mol. The predicted octanol–water partition coefficient (Wildman–Crippen LogP) is 2.55. The van der Waals surface area contributed by atoms with Crippen molar-refractivity contribution in [3.63, 3.8) is 0 Å². The molecule has 0 radical (unpaired) electrons. The first-order valence-electron chi connectivity index (χ1n) is 9.52. The number of benzene rings is 1. The van der Waals surface area contributed by atoms with Crippen LogP contribution in [-0.4, -0.2) is 20.3 Å². The molecule has 1 fully saturated rings. The molecule has 7 nitrogen and oxygen atoms in total. The number of carbonyl (C=O) groups is 1. The molecule has 0 aliphatic heterocycles. The zero-order valence-corrected chi connectivity index (χ0v) is 16.4. The smallest absolute Gasteiger partial charge is 0.287 e. The number of rotatable bonds is 5. The summed E-state index contributed by atoms with van der Waals surface area (Å²) in [6, 6.07) is 8.42. The average Bonchev–Trinajstić information content (AvgIpc) is 3.52. The Hall–Kier alpha value is -3.93. The number of carbonyl (C=O) groups excluding carboxylic acids is 1. The van der Waals surface area contributed by atoms with Gasteiger partial charge in [-0.2, -0.15) is 19.0 Å². The first kappa shape index (κ1) is 20.3. The number of nitrogens with zero attached hydrogens (tertiary/aromatic N) is 3. The van der Waals surface area contributed by atoms with Crippen molar-refractivity contribution in [3.05, 3.63) is 96.6 Å². The number of pyridine rings is 1. The number of aryl methyl sites for hydroxylation is 1. The Kier molecular flexibility index (Phi) is 5.07. The van der Waals surface area contributed by atoms with E-state index in [1.807, 2.05) is 6.07 Å². The Morgan fingerprint density at radius 2 is 1.87 bits per heavy atom. The Morgan fingerprint density at radius 3 is 2.48 bits per heavy atom. The van der Waals surface area contributed by atoms with Crippen molar-refractivity contribution in [1.82, 2.24) is 14.5 Å². The van der Waals surface area contributed by atoms with E-state index in [0.29, 0.717) is 18.4 Å². The summed E-state index contributed by atoms with van der Waals surface area (Å²) in [5.41, 5.74) is -0.374. The summed E-state index contributed by atoms with van der Waals surface area (Å²) >= 11 is 0. The Labute approximate surface area is 174 Å². The van der Waals surface area contributed by atoms with Crippen molar-refractivity contribution < 1.29 is 13.6 Å². The third kappa shape index (κ3) is 4.05. The van der Waals surface area contributed by atoms with Crippen LogP contribution in [0.15, 0.2) is 39.9 Å². The number of nitrogens with one attached hydrogen (secondary N) is 1. The van der Waals surface area contributed by atoms with Gasteiger partial charge in [-0.05, 0) is 67.1 Å². The van der Waals surface area contributed by atoms with Crippen LogP contribution in [-0.2, 0) is 6.54 Å². The van der Waals surface area contributed by atoms with Gasteiger partial charge in [-0.1, -0.05) is 0 Å². The van der Waals surface area contributed by atoms with E-state index in [2.05, 4.69) is 9.97 Å².